The maximum atomic E-state index is 1.61. The van der Waals surface area contributed by atoms with Crippen molar-refractivity contribution in [3.63, 3.8) is 0 Å². The number of hydrogen-bond acceptors (Lipinski definition) is 0. The molecule has 62 valence electrons. The summed E-state index contributed by atoms with van der Waals surface area (Å²) in [6, 6.07) is 0. The molecule has 0 amide bonds. The smallest absolute Gasteiger partial charge is 0.0357 e. The maximum Gasteiger partial charge on any atom is -0.0357 e. The van der Waals surface area contributed by atoms with Gasteiger partial charge in [0.05, 0.1) is 0 Å². The SMILES string of the molecule is C1CCC2C(C1)CC1CC2C1. The fourth-order valence-corrected chi connectivity index (χ4v) is 3.91. The Morgan fingerprint density at radius 1 is 0.727 bits per heavy atom. The Morgan fingerprint density at radius 2 is 1.45 bits per heavy atom. The molecule has 11 heavy (non-hydrogen) atoms. The van der Waals surface area contributed by atoms with Gasteiger partial charge >= 0.3 is 0 Å². The van der Waals surface area contributed by atoms with E-state index in [0.29, 0.717) is 0 Å². The third kappa shape index (κ3) is 0.878. The number of rotatable bonds is 0. The zero-order valence-corrected chi connectivity index (χ0v) is 7.26. The first-order chi connectivity index (χ1) is 5.43. The summed E-state index contributed by atoms with van der Waals surface area (Å²) in [6.07, 6.45) is 11.1. The van der Waals surface area contributed by atoms with Crippen molar-refractivity contribution in [1.82, 2.24) is 0 Å². The molecule has 0 nitrogen and oxygen atoms in total. The minimum absolute atomic E-state index is 1.18. The molecule has 0 heterocycles. The van der Waals surface area contributed by atoms with Crippen LogP contribution in [0.25, 0.3) is 0 Å². The summed E-state index contributed by atoms with van der Waals surface area (Å²) in [7, 11) is 0. The van der Waals surface area contributed by atoms with Crippen molar-refractivity contribution in [2.75, 3.05) is 0 Å². The van der Waals surface area contributed by atoms with E-state index >= 15 is 0 Å². The predicted octanol–water partition coefficient (Wildman–Crippen LogP) is 3.22. The molecule has 4 aliphatic carbocycles. The van der Waals surface area contributed by atoms with Gasteiger partial charge in [0.2, 0.25) is 0 Å². The van der Waals surface area contributed by atoms with Crippen LogP contribution < -0.4 is 0 Å². The van der Waals surface area contributed by atoms with Crippen molar-refractivity contribution in [1.29, 1.82) is 0 Å². The Kier molecular flexibility index (Phi) is 1.33. The lowest BCUT2D eigenvalue weighted by molar-refractivity contribution is -0.0247. The Bertz CT molecular complexity index is 155. The van der Waals surface area contributed by atoms with Crippen molar-refractivity contribution in [2.45, 2.75) is 44.9 Å². The third-order valence-corrected chi connectivity index (χ3v) is 4.48. The van der Waals surface area contributed by atoms with Gasteiger partial charge in [-0.1, -0.05) is 19.3 Å². The molecule has 4 fully saturated rings. The van der Waals surface area contributed by atoms with Gasteiger partial charge in [-0.3, -0.25) is 0 Å². The molecule has 0 aromatic heterocycles. The number of hydrogen-bond donors (Lipinski definition) is 0. The highest BCUT2D eigenvalue weighted by atomic mass is 14.5. The molecule has 4 rings (SSSR count). The first-order valence-electron chi connectivity index (χ1n) is 5.43. The van der Waals surface area contributed by atoms with E-state index < -0.39 is 0 Å². The normalized spacial score (nSPS) is 54.5. The van der Waals surface area contributed by atoms with Gasteiger partial charge in [-0.2, -0.15) is 0 Å². The van der Waals surface area contributed by atoms with Crippen molar-refractivity contribution in [3.05, 3.63) is 0 Å². The highest BCUT2D eigenvalue weighted by molar-refractivity contribution is 4.96. The monoisotopic (exact) mass is 150 g/mol. The first-order valence-corrected chi connectivity index (χ1v) is 5.43. The van der Waals surface area contributed by atoms with Crippen molar-refractivity contribution < 1.29 is 0 Å². The molecule has 4 aliphatic rings. The first kappa shape index (κ1) is 6.51. The van der Waals surface area contributed by atoms with E-state index in [9.17, 15) is 0 Å². The Labute approximate surface area is 69.4 Å². The topological polar surface area (TPSA) is 0 Å². The lowest BCUT2D eigenvalue weighted by Gasteiger charge is -2.53. The van der Waals surface area contributed by atoms with Gasteiger partial charge in [-0.15, -0.1) is 0 Å². The molecule has 0 aliphatic heterocycles. The quantitative estimate of drug-likeness (QED) is 0.497. The van der Waals surface area contributed by atoms with Crippen LogP contribution in [-0.2, 0) is 0 Å². The second kappa shape index (κ2) is 2.24. The molecule has 0 saturated heterocycles. The molecule has 0 heteroatoms. The average Bonchev–Trinajstić information content (AvgIpc) is 2.02. The molecule has 0 N–H and O–H groups in total. The van der Waals surface area contributed by atoms with Gasteiger partial charge in [0.15, 0.2) is 0 Å². The second-order valence-corrected chi connectivity index (χ2v) is 5.04. The minimum Gasteiger partial charge on any atom is -0.0530 e. The van der Waals surface area contributed by atoms with Crippen LogP contribution >= 0.6 is 0 Å². The summed E-state index contributed by atoms with van der Waals surface area (Å²) in [4.78, 5) is 0. The van der Waals surface area contributed by atoms with Gasteiger partial charge in [0.1, 0.15) is 0 Å². The average molecular weight is 150 g/mol. The zero-order chi connectivity index (χ0) is 7.26. The molecule has 0 spiro atoms. The van der Waals surface area contributed by atoms with E-state index in [1.54, 1.807) is 44.9 Å². The van der Waals surface area contributed by atoms with Gasteiger partial charge in [0.25, 0.3) is 0 Å². The van der Waals surface area contributed by atoms with E-state index in [-0.39, 0.29) is 0 Å². The highest BCUT2D eigenvalue weighted by Crippen LogP contribution is 2.55. The summed E-state index contributed by atoms with van der Waals surface area (Å²) in [5.41, 5.74) is 0. The Balaban J connectivity index is 1.77. The van der Waals surface area contributed by atoms with Crippen molar-refractivity contribution in [2.24, 2.45) is 23.7 Å². The van der Waals surface area contributed by atoms with Crippen LogP contribution in [0.5, 0.6) is 0 Å². The maximum absolute atomic E-state index is 1.61. The molecule has 0 radical (unpaired) electrons. The third-order valence-electron chi connectivity index (χ3n) is 4.48. The van der Waals surface area contributed by atoms with Crippen LogP contribution in [0.3, 0.4) is 0 Å². The van der Waals surface area contributed by atoms with Crippen LogP contribution in [0.2, 0.25) is 0 Å². The highest BCUT2D eigenvalue weighted by Gasteiger charge is 2.45. The molecule has 2 atom stereocenters. The van der Waals surface area contributed by atoms with Crippen molar-refractivity contribution >= 4 is 0 Å². The molecule has 2 bridgehead atoms. The molecule has 0 aromatic carbocycles. The van der Waals surface area contributed by atoms with E-state index in [1.807, 2.05) is 0 Å². The van der Waals surface area contributed by atoms with E-state index in [4.69, 9.17) is 0 Å². The zero-order valence-electron chi connectivity index (χ0n) is 7.26. The second-order valence-electron chi connectivity index (χ2n) is 5.04. The Hall–Kier alpha value is 0. The van der Waals surface area contributed by atoms with Crippen LogP contribution in [0.15, 0.2) is 0 Å². The predicted molar refractivity (Wildman–Crippen MR) is 46.3 cm³/mol. The lowest BCUT2D eigenvalue weighted by Crippen LogP contribution is -2.43. The molecular formula is C11H18. The molecule has 2 unspecified atom stereocenters. The summed E-state index contributed by atoms with van der Waals surface area (Å²) in [5, 5.41) is 0. The fraction of sp³-hybridized carbons (Fsp3) is 1.00. The standard InChI is InChI=1S/C11H18/c1-2-4-11-9(3-1)5-8-6-10(11)7-8/h8-11H,1-7H2. The molecule has 0 aromatic rings. The summed E-state index contributed by atoms with van der Waals surface area (Å²) < 4.78 is 0. The lowest BCUT2D eigenvalue weighted by atomic mass is 9.53. The molecular weight excluding hydrogens is 132 g/mol. The van der Waals surface area contributed by atoms with Crippen LogP contribution in [-0.4, -0.2) is 0 Å². The largest absolute Gasteiger partial charge is 0.0530 e. The van der Waals surface area contributed by atoms with Crippen LogP contribution in [0.1, 0.15) is 44.9 Å². The van der Waals surface area contributed by atoms with Crippen molar-refractivity contribution in [3.8, 4) is 0 Å². The van der Waals surface area contributed by atoms with Gasteiger partial charge < -0.3 is 0 Å². The minimum atomic E-state index is 1.18. The van der Waals surface area contributed by atoms with Gasteiger partial charge in [-0.05, 0) is 49.4 Å². The van der Waals surface area contributed by atoms with Crippen LogP contribution in [0.4, 0.5) is 0 Å². The van der Waals surface area contributed by atoms with E-state index in [2.05, 4.69) is 0 Å². The van der Waals surface area contributed by atoms with Gasteiger partial charge in [-0.25, -0.2) is 0 Å². The van der Waals surface area contributed by atoms with E-state index in [1.165, 1.54) is 23.7 Å². The fourth-order valence-electron chi connectivity index (χ4n) is 3.91. The molecule has 4 saturated carbocycles. The Morgan fingerprint density at radius 3 is 2.27 bits per heavy atom. The van der Waals surface area contributed by atoms with Crippen LogP contribution in [0, 0.1) is 23.7 Å². The summed E-state index contributed by atoms with van der Waals surface area (Å²) in [5.74, 6) is 4.74. The van der Waals surface area contributed by atoms with E-state index in [0.717, 1.165) is 0 Å². The summed E-state index contributed by atoms with van der Waals surface area (Å²) >= 11 is 0. The summed E-state index contributed by atoms with van der Waals surface area (Å²) in [6.45, 7) is 0. The van der Waals surface area contributed by atoms with Gasteiger partial charge in [0, 0.05) is 0 Å².